The van der Waals surface area contributed by atoms with Crippen LogP contribution in [0.1, 0.15) is 22.3 Å². The molecule has 1 fully saturated rings. The Morgan fingerprint density at radius 1 is 2.29 bits per heavy atom. The first-order valence-corrected chi connectivity index (χ1v) is 2.44. The Hall–Kier alpha value is 0.150. The Morgan fingerprint density at radius 2 is 2.86 bits per heavy atom. The van der Waals surface area contributed by atoms with E-state index in [1.165, 1.54) is 0 Å². The monoisotopic (exact) mass is 169 g/mol. The normalized spacial score (nSPS) is 55.3. The van der Waals surface area contributed by atoms with E-state index in [-0.39, 0.29) is 0 Å². The molecular weight excluding hydrogens is 156 g/mol. The van der Waals surface area contributed by atoms with E-state index in [1.54, 1.807) is 0 Å². The first-order valence-electron chi connectivity index (χ1n) is 5.14. The van der Waals surface area contributed by atoms with E-state index in [0.29, 0.717) is 0 Å². The predicted octanol–water partition coefficient (Wildman–Crippen LogP) is 1.36. The number of rotatable bonds is 2. The molecule has 0 spiro atoms. The SMILES string of the molecule is [2H]C([2H])(Br)C(=O)C1([2H])C([2H])([2H])C1([2H])[2H]. The van der Waals surface area contributed by atoms with Gasteiger partial charge in [0.25, 0.3) is 0 Å². The third kappa shape index (κ3) is 1.27. The van der Waals surface area contributed by atoms with Crippen LogP contribution in [-0.2, 0) is 4.79 Å². The molecule has 0 radical (unpaired) electrons. The van der Waals surface area contributed by atoms with Gasteiger partial charge in [-0.1, -0.05) is 15.9 Å². The average Bonchev–Trinajstić information content (AvgIpc) is 2.26. The molecule has 0 saturated heterocycles. The molecule has 1 aliphatic carbocycles. The lowest BCUT2D eigenvalue weighted by Gasteiger charge is -1.83. The van der Waals surface area contributed by atoms with E-state index in [0.717, 1.165) is 0 Å². The van der Waals surface area contributed by atoms with Gasteiger partial charge in [0, 0.05) is 15.5 Å². The van der Waals surface area contributed by atoms with Crippen molar-refractivity contribution in [2.75, 3.05) is 5.28 Å². The minimum Gasteiger partial charge on any atom is -0.298 e. The first kappa shape index (κ1) is 1.35. The summed E-state index contributed by atoms with van der Waals surface area (Å²) < 4.78 is 49.7. The molecule has 1 aliphatic rings. The molecule has 1 saturated carbocycles. The molecule has 0 bridgehead atoms. The maximum atomic E-state index is 11.3. The van der Waals surface area contributed by atoms with Gasteiger partial charge >= 0.3 is 0 Å². The second kappa shape index (κ2) is 1.95. The molecule has 1 nitrogen and oxygen atoms in total. The molecule has 0 heterocycles. The molecule has 0 atom stereocenters. The van der Waals surface area contributed by atoms with Crippen LogP contribution in [0.25, 0.3) is 0 Å². The van der Waals surface area contributed by atoms with E-state index in [1.807, 2.05) is 0 Å². The summed E-state index contributed by atoms with van der Waals surface area (Å²) in [6.45, 7) is 0. The van der Waals surface area contributed by atoms with Gasteiger partial charge in [0.15, 0.2) is 0 Å². The first-order chi connectivity index (χ1) is 5.90. The van der Waals surface area contributed by atoms with E-state index in [9.17, 15) is 4.79 Å². The van der Waals surface area contributed by atoms with Crippen molar-refractivity contribution in [3.05, 3.63) is 0 Å². The summed E-state index contributed by atoms with van der Waals surface area (Å²) in [6, 6.07) is 0. The summed E-state index contributed by atoms with van der Waals surface area (Å²) in [5.74, 6) is -4.09. The van der Waals surface area contributed by atoms with Gasteiger partial charge in [-0.2, -0.15) is 0 Å². The molecule has 0 N–H and O–H groups in total. The highest BCUT2D eigenvalue weighted by Gasteiger charge is 2.27. The van der Waals surface area contributed by atoms with Crippen molar-refractivity contribution < 1.29 is 14.4 Å². The van der Waals surface area contributed by atoms with Crippen LogP contribution in [0.3, 0.4) is 0 Å². The van der Waals surface area contributed by atoms with Gasteiger partial charge in [-0.05, 0) is 12.7 Å². The molecule has 2 heteroatoms. The van der Waals surface area contributed by atoms with E-state index in [4.69, 9.17) is 9.60 Å². The highest BCUT2D eigenvalue weighted by Crippen LogP contribution is 2.29. The summed E-state index contributed by atoms with van der Waals surface area (Å²) in [7, 11) is 0. The number of carbonyl (C=O) groups is 1. The maximum Gasteiger partial charge on any atom is 0.146 e. The van der Waals surface area contributed by atoms with E-state index in [2.05, 4.69) is 15.9 Å². The van der Waals surface area contributed by atoms with Gasteiger partial charge in [0.1, 0.15) is 5.78 Å². The summed E-state index contributed by atoms with van der Waals surface area (Å²) >= 11 is 2.35. The highest BCUT2D eigenvalue weighted by atomic mass is 79.9. The number of Topliss-reactive ketones (excluding diaryl/α,β-unsaturated/α-hetero) is 1. The zero-order valence-corrected chi connectivity index (χ0v) is 4.87. The molecule has 0 aromatic heterocycles. The Labute approximate surface area is 61.1 Å². The zero-order chi connectivity index (χ0) is 11.6. The number of alkyl halides is 1. The largest absolute Gasteiger partial charge is 0.298 e. The number of halogens is 1. The van der Waals surface area contributed by atoms with Gasteiger partial charge < -0.3 is 0 Å². The van der Waals surface area contributed by atoms with Gasteiger partial charge in [-0.15, -0.1) is 0 Å². The molecule has 0 aromatic carbocycles. The number of ketones is 1. The quantitative estimate of drug-likeness (QED) is 0.572. The maximum absolute atomic E-state index is 11.3. The van der Waals surface area contributed by atoms with Gasteiger partial charge in [0.05, 0.1) is 5.28 Å². The Bertz CT molecular complexity index is 279. The molecule has 0 aliphatic heterocycles. The van der Waals surface area contributed by atoms with Gasteiger partial charge in [-0.3, -0.25) is 4.79 Å². The van der Waals surface area contributed by atoms with Crippen molar-refractivity contribution >= 4 is 21.7 Å². The molecule has 7 heavy (non-hydrogen) atoms. The van der Waals surface area contributed by atoms with E-state index < -0.39 is 29.7 Å². The summed E-state index contributed by atoms with van der Waals surface area (Å²) in [4.78, 5) is 11.3. The van der Waals surface area contributed by atoms with Crippen molar-refractivity contribution in [3.8, 4) is 0 Å². The molecule has 1 rings (SSSR count). The fraction of sp³-hybridized carbons (Fsp3) is 0.800. The highest BCUT2D eigenvalue weighted by molar-refractivity contribution is 9.09. The fourth-order valence-electron chi connectivity index (χ4n) is 0.192. The van der Waals surface area contributed by atoms with Crippen LogP contribution in [0.5, 0.6) is 0 Å². The average molecular weight is 170 g/mol. The Kier molecular flexibility index (Phi) is 0.376. The van der Waals surface area contributed by atoms with Crippen molar-refractivity contribution in [3.63, 3.8) is 0 Å². The van der Waals surface area contributed by atoms with Crippen molar-refractivity contribution in [2.24, 2.45) is 5.89 Å². The fourth-order valence-corrected chi connectivity index (χ4v) is 0.390. The number of hydrogen-bond acceptors (Lipinski definition) is 1. The molecule has 40 valence electrons. The lowest BCUT2D eigenvalue weighted by molar-refractivity contribution is -0.117. The molecule has 0 unspecified atom stereocenters. The smallest absolute Gasteiger partial charge is 0.146 e. The standard InChI is InChI=1S/C5H7BrO/c6-3-5(7)4-1-2-4/h4H,1-3H2/i1D2,2D2,3D2,4D. The van der Waals surface area contributed by atoms with Gasteiger partial charge in [-0.25, -0.2) is 0 Å². The van der Waals surface area contributed by atoms with Crippen molar-refractivity contribution in [1.82, 2.24) is 0 Å². The topological polar surface area (TPSA) is 17.1 Å². The summed E-state index contributed by atoms with van der Waals surface area (Å²) in [5.41, 5.74) is 0. The van der Waals surface area contributed by atoms with Crippen LogP contribution in [-0.4, -0.2) is 11.1 Å². The minimum atomic E-state index is -2.66. The van der Waals surface area contributed by atoms with Crippen LogP contribution in [0, 0.1) is 5.89 Å². The van der Waals surface area contributed by atoms with Crippen LogP contribution in [0.4, 0.5) is 0 Å². The Morgan fingerprint density at radius 3 is 3.00 bits per heavy atom. The second-order valence-electron chi connectivity index (χ2n) is 1.05. The molecular formula is C5H7BrO. The lowest BCUT2D eigenvalue weighted by atomic mass is 10.3. The van der Waals surface area contributed by atoms with E-state index >= 15 is 0 Å². The number of hydrogen-bond donors (Lipinski definition) is 0. The summed E-state index contributed by atoms with van der Waals surface area (Å²) in [5, 5.41) is -2.58. The second-order valence-corrected chi connectivity index (χ2v) is 1.45. The summed E-state index contributed by atoms with van der Waals surface area (Å²) in [6.07, 6.45) is -5.28. The lowest BCUT2D eigenvalue weighted by Crippen LogP contribution is -1.99. The molecule has 0 aromatic rings. The van der Waals surface area contributed by atoms with Crippen LogP contribution in [0.15, 0.2) is 0 Å². The third-order valence-electron chi connectivity index (χ3n) is 0.563. The minimum absolute atomic E-state index is 1.43. The van der Waals surface area contributed by atoms with Crippen LogP contribution in [0.2, 0.25) is 0 Å². The van der Waals surface area contributed by atoms with Gasteiger partial charge in [0.2, 0.25) is 0 Å². The third-order valence-corrected chi connectivity index (χ3v) is 0.923. The predicted molar refractivity (Wildman–Crippen MR) is 31.5 cm³/mol. The molecule has 0 amide bonds. The van der Waals surface area contributed by atoms with Crippen molar-refractivity contribution in [2.45, 2.75) is 12.7 Å². The van der Waals surface area contributed by atoms with Crippen molar-refractivity contribution in [1.29, 1.82) is 0 Å². The zero-order valence-electron chi connectivity index (χ0n) is 10.3. The van der Waals surface area contributed by atoms with Crippen LogP contribution >= 0.6 is 15.9 Å². The Balaban J connectivity index is 3.10. The van der Waals surface area contributed by atoms with Crippen LogP contribution < -0.4 is 0 Å². The number of carbonyl (C=O) groups excluding carboxylic acids is 1.